The molecule has 1 fully saturated rings. The van der Waals surface area contributed by atoms with Gasteiger partial charge in [0.1, 0.15) is 0 Å². The molecular formula is C7H12BrN3O2. The fraction of sp³-hybridized carbons (Fsp3) is 1.00. The van der Waals surface area contributed by atoms with Crippen LogP contribution in [0.2, 0.25) is 0 Å². The first-order valence-electron chi connectivity index (χ1n) is 4.05. The highest BCUT2D eigenvalue weighted by molar-refractivity contribution is 9.09. The SMILES string of the molecule is CO[C@H]1C[C@H](Br)[C@H](N=[N+]=[N-])[C@H](C)O1. The molecule has 13 heavy (non-hydrogen) atoms. The van der Waals surface area contributed by atoms with Gasteiger partial charge in [0.15, 0.2) is 6.29 Å². The lowest BCUT2D eigenvalue weighted by atomic mass is 10.0. The van der Waals surface area contributed by atoms with Gasteiger partial charge in [-0.1, -0.05) is 21.0 Å². The summed E-state index contributed by atoms with van der Waals surface area (Å²) in [6.45, 7) is 1.87. The minimum atomic E-state index is -0.204. The van der Waals surface area contributed by atoms with Crippen molar-refractivity contribution in [2.45, 2.75) is 36.6 Å². The van der Waals surface area contributed by atoms with E-state index >= 15 is 0 Å². The lowest BCUT2D eigenvalue weighted by Gasteiger charge is -2.34. The molecule has 0 spiro atoms. The van der Waals surface area contributed by atoms with Crippen molar-refractivity contribution in [2.75, 3.05) is 7.11 Å². The van der Waals surface area contributed by atoms with E-state index in [2.05, 4.69) is 26.0 Å². The predicted molar refractivity (Wildman–Crippen MR) is 51.6 cm³/mol. The fourth-order valence-corrected chi connectivity index (χ4v) is 2.21. The monoisotopic (exact) mass is 249 g/mol. The Hall–Kier alpha value is -0.290. The molecule has 0 amide bonds. The van der Waals surface area contributed by atoms with Crippen LogP contribution in [-0.4, -0.2) is 30.4 Å². The Morgan fingerprint density at radius 1 is 1.69 bits per heavy atom. The van der Waals surface area contributed by atoms with Gasteiger partial charge in [0.2, 0.25) is 0 Å². The van der Waals surface area contributed by atoms with E-state index in [1.165, 1.54) is 0 Å². The topological polar surface area (TPSA) is 67.2 Å². The van der Waals surface area contributed by atoms with Crippen LogP contribution in [0.3, 0.4) is 0 Å². The van der Waals surface area contributed by atoms with Gasteiger partial charge in [-0.2, -0.15) is 0 Å². The number of halogens is 1. The van der Waals surface area contributed by atoms with Crippen molar-refractivity contribution in [1.82, 2.24) is 0 Å². The number of ether oxygens (including phenoxy) is 2. The molecule has 0 bridgehead atoms. The second kappa shape index (κ2) is 4.81. The molecule has 0 aliphatic carbocycles. The zero-order valence-electron chi connectivity index (χ0n) is 7.55. The third-order valence-electron chi connectivity index (χ3n) is 2.08. The Morgan fingerprint density at radius 3 is 2.85 bits per heavy atom. The van der Waals surface area contributed by atoms with Crippen molar-refractivity contribution in [1.29, 1.82) is 0 Å². The van der Waals surface area contributed by atoms with Crippen LogP contribution in [0.25, 0.3) is 10.4 Å². The third-order valence-corrected chi connectivity index (χ3v) is 3.00. The van der Waals surface area contributed by atoms with Crippen LogP contribution in [-0.2, 0) is 9.47 Å². The van der Waals surface area contributed by atoms with Crippen molar-refractivity contribution in [3.8, 4) is 0 Å². The number of azide groups is 1. The molecule has 0 aromatic rings. The average molecular weight is 250 g/mol. The maximum atomic E-state index is 8.33. The molecule has 0 unspecified atom stereocenters. The highest BCUT2D eigenvalue weighted by atomic mass is 79.9. The predicted octanol–water partition coefficient (Wildman–Crippen LogP) is 2.21. The number of rotatable bonds is 2. The standard InChI is InChI=1S/C7H12BrN3O2/c1-4-7(10-11-9)5(8)3-6(12-2)13-4/h4-7H,3H2,1-2H3/t4-,5-,6+,7+/m0/s1. The van der Waals surface area contributed by atoms with Crippen LogP contribution in [0.5, 0.6) is 0 Å². The maximum absolute atomic E-state index is 8.33. The third kappa shape index (κ3) is 2.57. The Kier molecular flexibility index (Phi) is 3.99. The van der Waals surface area contributed by atoms with Crippen LogP contribution in [0.4, 0.5) is 0 Å². The van der Waals surface area contributed by atoms with E-state index in [1.807, 2.05) is 6.92 Å². The highest BCUT2D eigenvalue weighted by Crippen LogP contribution is 2.28. The van der Waals surface area contributed by atoms with Crippen LogP contribution in [0, 0.1) is 0 Å². The second-order valence-corrected chi connectivity index (χ2v) is 4.13. The summed E-state index contributed by atoms with van der Waals surface area (Å²) < 4.78 is 10.5. The molecule has 0 aromatic carbocycles. The van der Waals surface area contributed by atoms with Crippen molar-refractivity contribution in [2.24, 2.45) is 5.11 Å². The van der Waals surface area contributed by atoms with Crippen LogP contribution < -0.4 is 0 Å². The zero-order valence-corrected chi connectivity index (χ0v) is 9.14. The second-order valence-electron chi connectivity index (χ2n) is 2.95. The van der Waals surface area contributed by atoms with Crippen LogP contribution in [0.1, 0.15) is 13.3 Å². The summed E-state index contributed by atoms with van der Waals surface area (Å²) in [5, 5.41) is 3.67. The van der Waals surface area contributed by atoms with Gasteiger partial charge in [0.05, 0.1) is 12.1 Å². The lowest BCUT2D eigenvalue weighted by Crippen LogP contribution is -2.43. The van der Waals surface area contributed by atoms with Crippen molar-refractivity contribution >= 4 is 15.9 Å². The van der Waals surface area contributed by atoms with E-state index in [0.717, 1.165) is 0 Å². The van der Waals surface area contributed by atoms with Gasteiger partial charge in [0.25, 0.3) is 0 Å². The van der Waals surface area contributed by atoms with Gasteiger partial charge in [-0.05, 0) is 12.5 Å². The molecule has 0 aromatic heterocycles. The van der Waals surface area contributed by atoms with E-state index < -0.39 is 0 Å². The lowest BCUT2D eigenvalue weighted by molar-refractivity contribution is -0.177. The van der Waals surface area contributed by atoms with E-state index in [1.54, 1.807) is 7.11 Å². The molecule has 0 N–H and O–H groups in total. The summed E-state index contributed by atoms with van der Waals surface area (Å²) >= 11 is 3.45. The van der Waals surface area contributed by atoms with Gasteiger partial charge >= 0.3 is 0 Å². The summed E-state index contributed by atoms with van der Waals surface area (Å²) in [6, 6.07) is -0.156. The van der Waals surface area contributed by atoms with Gasteiger partial charge in [-0.25, -0.2) is 0 Å². The van der Waals surface area contributed by atoms with Gasteiger partial charge < -0.3 is 9.47 Å². The van der Waals surface area contributed by atoms with Gasteiger partial charge in [0, 0.05) is 23.3 Å². The average Bonchev–Trinajstić information content (AvgIpc) is 2.11. The molecule has 1 aliphatic heterocycles. The van der Waals surface area contributed by atoms with Crippen molar-refractivity contribution in [3.05, 3.63) is 10.4 Å². The van der Waals surface area contributed by atoms with Crippen LogP contribution >= 0.6 is 15.9 Å². The van der Waals surface area contributed by atoms with E-state index in [-0.39, 0.29) is 23.3 Å². The normalized spacial score (nSPS) is 39.6. The molecule has 4 atom stereocenters. The molecule has 6 heteroatoms. The first kappa shape index (κ1) is 10.8. The Labute approximate surface area is 85.2 Å². The largest absolute Gasteiger partial charge is 0.356 e. The summed E-state index contributed by atoms with van der Waals surface area (Å²) in [5.74, 6) is 0. The number of alkyl halides is 1. The number of nitrogens with zero attached hydrogens (tertiary/aromatic N) is 3. The maximum Gasteiger partial charge on any atom is 0.158 e. The highest BCUT2D eigenvalue weighted by Gasteiger charge is 2.34. The van der Waals surface area contributed by atoms with E-state index in [4.69, 9.17) is 15.0 Å². The molecule has 1 saturated heterocycles. The van der Waals surface area contributed by atoms with Crippen molar-refractivity contribution in [3.63, 3.8) is 0 Å². The number of hydrogen-bond acceptors (Lipinski definition) is 3. The fourth-order valence-electron chi connectivity index (χ4n) is 1.37. The molecule has 74 valence electrons. The number of methoxy groups -OCH3 is 1. The van der Waals surface area contributed by atoms with E-state index in [9.17, 15) is 0 Å². The molecular weight excluding hydrogens is 238 g/mol. The summed E-state index contributed by atoms with van der Waals surface area (Å²) in [4.78, 5) is 2.91. The summed E-state index contributed by atoms with van der Waals surface area (Å²) in [5.41, 5.74) is 8.33. The molecule has 5 nitrogen and oxygen atoms in total. The summed E-state index contributed by atoms with van der Waals surface area (Å²) in [7, 11) is 1.60. The quantitative estimate of drug-likeness (QED) is 0.326. The first-order valence-corrected chi connectivity index (χ1v) is 4.97. The Bertz CT molecular complexity index is 208. The van der Waals surface area contributed by atoms with Gasteiger partial charge in [-0.15, -0.1) is 0 Å². The first-order chi connectivity index (χ1) is 6.19. The minimum Gasteiger partial charge on any atom is -0.356 e. The van der Waals surface area contributed by atoms with Crippen molar-refractivity contribution < 1.29 is 9.47 Å². The molecule has 0 radical (unpaired) electrons. The van der Waals surface area contributed by atoms with Gasteiger partial charge in [-0.3, -0.25) is 0 Å². The Morgan fingerprint density at radius 2 is 2.38 bits per heavy atom. The molecule has 1 heterocycles. The van der Waals surface area contributed by atoms with Crippen LogP contribution in [0.15, 0.2) is 5.11 Å². The smallest absolute Gasteiger partial charge is 0.158 e. The number of hydrogen-bond donors (Lipinski definition) is 0. The minimum absolute atomic E-state index is 0.112. The molecule has 1 rings (SSSR count). The van der Waals surface area contributed by atoms with E-state index in [0.29, 0.717) is 6.42 Å². The molecule has 0 saturated carbocycles. The molecule has 1 aliphatic rings. The Balaban J connectivity index is 2.63. The zero-order chi connectivity index (χ0) is 9.84. The summed E-state index contributed by atoms with van der Waals surface area (Å²) in [6.07, 6.45) is 0.383.